The second kappa shape index (κ2) is 5.56. The lowest BCUT2D eigenvalue weighted by atomic mass is 10.2. The van der Waals surface area contributed by atoms with Gasteiger partial charge in [-0.1, -0.05) is 12.1 Å². The lowest BCUT2D eigenvalue weighted by molar-refractivity contribution is 0.0947. The van der Waals surface area contributed by atoms with E-state index in [4.69, 9.17) is 4.74 Å². The zero-order chi connectivity index (χ0) is 13.8. The molecule has 0 radical (unpaired) electrons. The summed E-state index contributed by atoms with van der Waals surface area (Å²) in [4.78, 5) is 12.1. The van der Waals surface area contributed by atoms with E-state index in [1.165, 1.54) is 0 Å². The molecule has 2 rings (SSSR count). The zero-order valence-electron chi connectivity index (χ0n) is 11.3. The molecule has 0 spiro atoms. The van der Waals surface area contributed by atoms with E-state index in [1.54, 1.807) is 23.9 Å². The Balaban J connectivity index is 2.07. The molecule has 0 fully saturated rings. The van der Waals surface area contributed by atoms with Crippen LogP contribution in [0.15, 0.2) is 30.3 Å². The SMILES string of the molecule is COc1ccccc1C(=O)NCc1cc(C)nn1C. The Morgan fingerprint density at radius 1 is 1.42 bits per heavy atom. The topological polar surface area (TPSA) is 56.1 Å². The quantitative estimate of drug-likeness (QED) is 0.908. The maximum absolute atomic E-state index is 12.1. The number of hydrogen-bond donors (Lipinski definition) is 1. The number of para-hydroxylation sites is 1. The number of carbonyl (C=O) groups excluding carboxylic acids is 1. The maximum atomic E-state index is 12.1. The molecule has 0 aliphatic heterocycles. The Labute approximate surface area is 112 Å². The van der Waals surface area contributed by atoms with E-state index in [0.29, 0.717) is 17.9 Å². The highest BCUT2D eigenvalue weighted by molar-refractivity contribution is 5.96. The van der Waals surface area contributed by atoms with Gasteiger partial charge in [-0.05, 0) is 25.1 Å². The third-order valence-electron chi connectivity index (χ3n) is 2.88. The Morgan fingerprint density at radius 2 is 2.16 bits per heavy atom. The summed E-state index contributed by atoms with van der Waals surface area (Å²) in [5.74, 6) is 0.414. The van der Waals surface area contributed by atoms with Crippen molar-refractivity contribution in [2.45, 2.75) is 13.5 Å². The summed E-state index contributed by atoms with van der Waals surface area (Å²) in [6, 6.07) is 9.10. The molecular formula is C14H17N3O2. The number of nitrogens with one attached hydrogen (secondary N) is 1. The average Bonchev–Trinajstić information content (AvgIpc) is 2.74. The number of methoxy groups -OCH3 is 1. The summed E-state index contributed by atoms with van der Waals surface area (Å²) in [6.07, 6.45) is 0. The lowest BCUT2D eigenvalue weighted by Gasteiger charge is -2.09. The second-order valence-corrected chi connectivity index (χ2v) is 4.28. The molecule has 0 aliphatic carbocycles. The van der Waals surface area contributed by atoms with Crippen LogP contribution in [0.4, 0.5) is 0 Å². The summed E-state index contributed by atoms with van der Waals surface area (Å²) in [7, 11) is 3.41. The van der Waals surface area contributed by atoms with Crippen LogP contribution < -0.4 is 10.1 Å². The van der Waals surface area contributed by atoms with Crippen LogP contribution in [0.1, 0.15) is 21.7 Å². The fourth-order valence-corrected chi connectivity index (χ4v) is 1.93. The van der Waals surface area contributed by atoms with Crippen molar-refractivity contribution >= 4 is 5.91 Å². The molecule has 0 atom stereocenters. The van der Waals surface area contributed by atoms with Crippen LogP contribution in [0.5, 0.6) is 5.75 Å². The van der Waals surface area contributed by atoms with Crippen LogP contribution in [-0.4, -0.2) is 22.8 Å². The number of ether oxygens (including phenoxy) is 1. The fourth-order valence-electron chi connectivity index (χ4n) is 1.93. The van der Waals surface area contributed by atoms with Gasteiger partial charge in [-0.15, -0.1) is 0 Å². The first-order chi connectivity index (χ1) is 9.11. The predicted octanol–water partition coefficient (Wildman–Crippen LogP) is 1.67. The number of benzene rings is 1. The largest absolute Gasteiger partial charge is 0.496 e. The molecule has 19 heavy (non-hydrogen) atoms. The summed E-state index contributed by atoms with van der Waals surface area (Å²) >= 11 is 0. The highest BCUT2D eigenvalue weighted by Crippen LogP contribution is 2.17. The number of carbonyl (C=O) groups is 1. The number of nitrogens with zero attached hydrogens (tertiary/aromatic N) is 2. The molecule has 1 N–H and O–H groups in total. The monoisotopic (exact) mass is 259 g/mol. The van der Waals surface area contributed by atoms with Gasteiger partial charge in [0.05, 0.1) is 30.6 Å². The molecule has 1 aromatic heterocycles. The molecule has 0 unspecified atom stereocenters. The van der Waals surface area contributed by atoms with Crippen molar-refractivity contribution < 1.29 is 9.53 Å². The van der Waals surface area contributed by atoms with E-state index in [0.717, 1.165) is 11.4 Å². The number of amides is 1. The van der Waals surface area contributed by atoms with Gasteiger partial charge in [0.2, 0.25) is 0 Å². The molecule has 0 saturated heterocycles. The lowest BCUT2D eigenvalue weighted by Crippen LogP contribution is -2.24. The Bertz CT molecular complexity index is 590. The van der Waals surface area contributed by atoms with Gasteiger partial charge in [0.1, 0.15) is 5.75 Å². The summed E-state index contributed by atoms with van der Waals surface area (Å²) in [5.41, 5.74) is 2.42. The summed E-state index contributed by atoms with van der Waals surface area (Å²) in [6.45, 7) is 2.36. The van der Waals surface area contributed by atoms with Gasteiger partial charge in [0.25, 0.3) is 5.91 Å². The molecule has 5 heteroatoms. The van der Waals surface area contributed by atoms with Gasteiger partial charge in [-0.2, -0.15) is 5.10 Å². The molecule has 5 nitrogen and oxygen atoms in total. The first kappa shape index (κ1) is 13.1. The number of aryl methyl sites for hydroxylation is 2. The van der Waals surface area contributed by atoms with Crippen LogP contribution in [0.25, 0.3) is 0 Å². The van der Waals surface area contributed by atoms with Crippen molar-refractivity contribution in [2.75, 3.05) is 7.11 Å². The minimum atomic E-state index is -0.156. The third kappa shape index (κ3) is 2.93. The van der Waals surface area contributed by atoms with Gasteiger partial charge in [-0.3, -0.25) is 9.48 Å². The average molecular weight is 259 g/mol. The van der Waals surface area contributed by atoms with Crippen LogP contribution in [0.2, 0.25) is 0 Å². The fraction of sp³-hybridized carbons (Fsp3) is 0.286. The van der Waals surface area contributed by atoms with Gasteiger partial charge in [-0.25, -0.2) is 0 Å². The van der Waals surface area contributed by atoms with Gasteiger partial charge >= 0.3 is 0 Å². The second-order valence-electron chi connectivity index (χ2n) is 4.28. The molecule has 100 valence electrons. The standard InChI is InChI=1S/C14H17N3O2/c1-10-8-11(17(2)16-10)9-15-14(18)12-6-4-5-7-13(12)19-3/h4-8H,9H2,1-3H3,(H,15,18). The van der Waals surface area contributed by atoms with Gasteiger partial charge < -0.3 is 10.1 Å². The first-order valence-electron chi connectivity index (χ1n) is 6.02. The van der Waals surface area contributed by atoms with Crippen LogP contribution in [-0.2, 0) is 13.6 Å². The Hall–Kier alpha value is -2.30. The van der Waals surface area contributed by atoms with Crippen molar-refractivity contribution in [3.8, 4) is 5.75 Å². The number of hydrogen-bond acceptors (Lipinski definition) is 3. The normalized spacial score (nSPS) is 10.3. The molecule has 1 amide bonds. The van der Waals surface area contributed by atoms with Crippen molar-refractivity contribution in [1.82, 2.24) is 15.1 Å². The minimum Gasteiger partial charge on any atom is -0.496 e. The van der Waals surface area contributed by atoms with Gasteiger partial charge in [0.15, 0.2) is 0 Å². The van der Waals surface area contributed by atoms with Crippen molar-refractivity contribution in [3.05, 3.63) is 47.3 Å². The van der Waals surface area contributed by atoms with E-state index < -0.39 is 0 Å². The van der Waals surface area contributed by atoms with Crippen LogP contribution in [0, 0.1) is 6.92 Å². The first-order valence-corrected chi connectivity index (χ1v) is 6.02. The number of rotatable bonds is 4. The van der Waals surface area contributed by atoms with E-state index in [1.807, 2.05) is 32.2 Å². The molecule has 1 aromatic carbocycles. The van der Waals surface area contributed by atoms with E-state index in [2.05, 4.69) is 10.4 Å². The molecule has 2 aromatic rings. The Morgan fingerprint density at radius 3 is 2.79 bits per heavy atom. The highest BCUT2D eigenvalue weighted by atomic mass is 16.5. The molecule has 0 saturated carbocycles. The molecular weight excluding hydrogens is 242 g/mol. The Kier molecular flexibility index (Phi) is 3.85. The summed E-state index contributed by atoms with van der Waals surface area (Å²) < 4.78 is 6.93. The van der Waals surface area contributed by atoms with Crippen molar-refractivity contribution in [2.24, 2.45) is 7.05 Å². The third-order valence-corrected chi connectivity index (χ3v) is 2.88. The van der Waals surface area contributed by atoms with Crippen molar-refractivity contribution in [1.29, 1.82) is 0 Å². The zero-order valence-corrected chi connectivity index (χ0v) is 11.3. The van der Waals surface area contributed by atoms with E-state index in [-0.39, 0.29) is 5.91 Å². The summed E-state index contributed by atoms with van der Waals surface area (Å²) in [5, 5.41) is 7.10. The molecule has 0 bridgehead atoms. The van der Waals surface area contributed by atoms with Crippen molar-refractivity contribution in [3.63, 3.8) is 0 Å². The van der Waals surface area contributed by atoms with Crippen LogP contribution in [0.3, 0.4) is 0 Å². The van der Waals surface area contributed by atoms with Gasteiger partial charge in [0, 0.05) is 7.05 Å². The maximum Gasteiger partial charge on any atom is 0.255 e. The minimum absolute atomic E-state index is 0.156. The predicted molar refractivity (Wildman–Crippen MR) is 72.1 cm³/mol. The van der Waals surface area contributed by atoms with Crippen LogP contribution >= 0.6 is 0 Å². The molecule has 1 heterocycles. The highest BCUT2D eigenvalue weighted by Gasteiger charge is 2.11. The number of aromatic nitrogens is 2. The molecule has 0 aliphatic rings. The van der Waals surface area contributed by atoms with E-state index in [9.17, 15) is 4.79 Å². The smallest absolute Gasteiger partial charge is 0.255 e. The van der Waals surface area contributed by atoms with E-state index >= 15 is 0 Å².